The molecule has 0 aliphatic heterocycles. The van der Waals surface area contributed by atoms with Crippen LogP contribution in [0.25, 0.3) is 0 Å². The maximum Gasteiger partial charge on any atom is 0.304 e. The van der Waals surface area contributed by atoms with Crippen molar-refractivity contribution >= 4 is 17.6 Å². The number of carboxylic acids is 1. The SMILES string of the molecule is CC(C)(/C=C/Cl)CC(=O)O. The van der Waals surface area contributed by atoms with Crippen LogP contribution in [0.3, 0.4) is 0 Å². The average Bonchev–Trinajstić information content (AvgIpc) is 1.59. The van der Waals surface area contributed by atoms with Gasteiger partial charge in [0.2, 0.25) is 0 Å². The first kappa shape index (κ1) is 9.50. The van der Waals surface area contributed by atoms with Gasteiger partial charge in [0.1, 0.15) is 0 Å². The Morgan fingerprint density at radius 2 is 2.20 bits per heavy atom. The Hall–Kier alpha value is -0.500. The minimum absolute atomic E-state index is 0.107. The molecular formula is C7H11ClO2. The van der Waals surface area contributed by atoms with Gasteiger partial charge in [-0.25, -0.2) is 0 Å². The monoisotopic (exact) mass is 162 g/mol. The lowest BCUT2D eigenvalue weighted by Gasteiger charge is -2.15. The molecule has 0 aromatic rings. The van der Waals surface area contributed by atoms with E-state index in [-0.39, 0.29) is 11.8 Å². The number of carbonyl (C=O) groups is 1. The summed E-state index contributed by atoms with van der Waals surface area (Å²) < 4.78 is 0. The van der Waals surface area contributed by atoms with E-state index in [4.69, 9.17) is 16.7 Å². The predicted octanol–water partition coefficient (Wildman–Crippen LogP) is 2.24. The van der Waals surface area contributed by atoms with Crippen LogP contribution in [0.15, 0.2) is 11.6 Å². The molecule has 1 N–H and O–H groups in total. The molecule has 0 aromatic heterocycles. The molecule has 2 nitrogen and oxygen atoms in total. The largest absolute Gasteiger partial charge is 0.481 e. The van der Waals surface area contributed by atoms with Crippen molar-refractivity contribution in [2.24, 2.45) is 5.41 Å². The standard InChI is InChI=1S/C7H11ClO2/c1-7(2,3-4-8)5-6(9)10/h3-4H,5H2,1-2H3,(H,9,10)/b4-3+. The lowest BCUT2D eigenvalue weighted by atomic mass is 9.90. The van der Waals surface area contributed by atoms with E-state index in [2.05, 4.69) is 0 Å². The minimum atomic E-state index is -0.806. The molecule has 0 heterocycles. The maximum atomic E-state index is 10.2. The number of carboxylic acid groups (broad SMARTS) is 1. The van der Waals surface area contributed by atoms with Crippen molar-refractivity contribution in [3.8, 4) is 0 Å². The fraction of sp³-hybridized carbons (Fsp3) is 0.571. The van der Waals surface area contributed by atoms with Crippen molar-refractivity contribution < 1.29 is 9.90 Å². The molecule has 0 aliphatic rings. The lowest BCUT2D eigenvalue weighted by Crippen LogP contribution is -2.13. The van der Waals surface area contributed by atoms with Crippen LogP contribution in [-0.2, 0) is 4.79 Å². The summed E-state index contributed by atoms with van der Waals surface area (Å²) in [7, 11) is 0. The molecule has 0 radical (unpaired) electrons. The molecule has 0 rings (SSSR count). The van der Waals surface area contributed by atoms with E-state index in [1.807, 2.05) is 13.8 Å². The van der Waals surface area contributed by atoms with Crippen LogP contribution in [0, 0.1) is 5.41 Å². The Labute approximate surface area is 65.5 Å². The van der Waals surface area contributed by atoms with Crippen LogP contribution in [0.2, 0.25) is 0 Å². The van der Waals surface area contributed by atoms with Crippen LogP contribution in [0.4, 0.5) is 0 Å². The summed E-state index contributed by atoms with van der Waals surface area (Å²) in [6, 6.07) is 0. The molecule has 0 saturated carbocycles. The highest BCUT2D eigenvalue weighted by molar-refractivity contribution is 6.25. The van der Waals surface area contributed by atoms with E-state index in [0.29, 0.717) is 0 Å². The maximum absolute atomic E-state index is 10.2. The summed E-state index contributed by atoms with van der Waals surface area (Å²) in [4.78, 5) is 10.2. The summed E-state index contributed by atoms with van der Waals surface area (Å²) in [5.41, 5.74) is 1.01. The van der Waals surface area contributed by atoms with E-state index in [1.165, 1.54) is 5.54 Å². The van der Waals surface area contributed by atoms with Crippen LogP contribution >= 0.6 is 11.6 Å². The molecule has 0 spiro atoms. The van der Waals surface area contributed by atoms with Gasteiger partial charge in [0.15, 0.2) is 0 Å². The van der Waals surface area contributed by atoms with Crippen LogP contribution in [0.1, 0.15) is 20.3 Å². The number of hydrogen-bond donors (Lipinski definition) is 1. The summed E-state index contributed by atoms with van der Waals surface area (Å²) in [6.45, 7) is 3.64. The zero-order valence-electron chi connectivity index (χ0n) is 6.10. The summed E-state index contributed by atoms with van der Waals surface area (Å²) in [5, 5.41) is 8.40. The van der Waals surface area contributed by atoms with Crippen LogP contribution in [0.5, 0.6) is 0 Å². The van der Waals surface area contributed by atoms with Gasteiger partial charge in [-0.1, -0.05) is 31.5 Å². The van der Waals surface area contributed by atoms with E-state index in [0.717, 1.165) is 0 Å². The normalized spacial score (nSPS) is 12.3. The molecule has 0 atom stereocenters. The van der Waals surface area contributed by atoms with E-state index in [1.54, 1.807) is 6.08 Å². The molecule has 0 fully saturated rings. The average molecular weight is 163 g/mol. The van der Waals surface area contributed by atoms with Gasteiger partial charge in [-0.15, -0.1) is 0 Å². The van der Waals surface area contributed by atoms with Crippen molar-refractivity contribution in [1.29, 1.82) is 0 Å². The molecule has 0 amide bonds. The summed E-state index contributed by atoms with van der Waals surface area (Å²) in [5.74, 6) is -0.806. The number of allylic oxidation sites excluding steroid dienone is 1. The summed E-state index contributed by atoms with van der Waals surface area (Å²) >= 11 is 5.30. The fourth-order valence-electron chi connectivity index (χ4n) is 0.619. The Balaban J connectivity index is 3.99. The van der Waals surface area contributed by atoms with Gasteiger partial charge in [0, 0.05) is 5.54 Å². The van der Waals surface area contributed by atoms with Gasteiger partial charge in [0.05, 0.1) is 6.42 Å². The Bertz CT molecular complexity index is 150. The van der Waals surface area contributed by atoms with Crippen molar-refractivity contribution in [1.82, 2.24) is 0 Å². The van der Waals surface area contributed by atoms with Crippen molar-refractivity contribution in [3.05, 3.63) is 11.6 Å². The smallest absolute Gasteiger partial charge is 0.304 e. The van der Waals surface area contributed by atoms with Crippen molar-refractivity contribution in [3.63, 3.8) is 0 Å². The van der Waals surface area contributed by atoms with Crippen LogP contribution in [-0.4, -0.2) is 11.1 Å². The van der Waals surface area contributed by atoms with Crippen molar-refractivity contribution in [2.75, 3.05) is 0 Å². The molecule has 0 aromatic carbocycles. The molecule has 58 valence electrons. The second kappa shape index (κ2) is 3.62. The molecular weight excluding hydrogens is 152 g/mol. The van der Waals surface area contributed by atoms with Gasteiger partial charge in [-0.2, -0.15) is 0 Å². The van der Waals surface area contributed by atoms with Gasteiger partial charge in [-0.3, -0.25) is 4.79 Å². The number of aliphatic carboxylic acids is 1. The van der Waals surface area contributed by atoms with Crippen molar-refractivity contribution in [2.45, 2.75) is 20.3 Å². The molecule has 10 heavy (non-hydrogen) atoms. The third kappa shape index (κ3) is 4.39. The number of hydrogen-bond acceptors (Lipinski definition) is 1. The minimum Gasteiger partial charge on any atom is -0.481 e. The zero-order valence-corrected chi connectivity index (χ0v) is 6.85. The first-order valence-electron chi connectivity index (χ1n) is 2.98. The van der Waals surface area contributed by atoms with E-state index >= 15 is 0 Å². The van der Waals surface area contributed by atoms with Gasteiger partial charge in [0.25, 0.3) is 0 Å². The highest BCUT2D eigenvalue weighted by Crippen LogP contribution is 2.21. The Morgan fingerprint density at radius 3 is 2.50 bits per heavy atom. The molecule has 0 unspecified atom stereocenters. The van der Waals surface area contributed by atoms with Gasteiger partial charge in [-0.05, 0) is 5.41 Å². The quantitative estimate of drug-likeness (QED) is 0.691. The lowest BCUT2D eigenvalue weighted by molar-refractivity contribution is -0.138. The fourth-order valence-corrected chi connectivity index (χ4v) is 0.960. The zero-order chi connectivity index (χ0) is 8.20. The Morgan fingerprint density at radius 1 is 1.70 bits per heavy atom. The highest BCUT2D eigenvalue weighted by Gasteiger charge is 2.17. The third-order valence-corrected chi connectivity index (χ3v) is 1.25. The first-order chi connectivity index (χ1) is 4.48. The molecule has 0 bridgehead atoms. The first-order valence-corrected chi connectivity index (χ1v) is 3.41. The van der Waals surface area contributed by atoms with E-state index in [9.17, 15) is 4.79 Å². The molecule has 3 heteroatoms. The summed E-state index contributed by atoms with van der Waals surface area (Å²) in [6.07, 6.45) is 1.78. The molecule has 0 aliphatic carbocycles. The van der Waals surface area contributed by atoms with Gasteiger partial charge >= 0.3 is 5.97 Å². The number of rotatable bonds is 3. The highest BCUT2D eigenvalue weighted by atomic mass is 35.5. The molecule has 0 saturated heterocycles. The van der Waals surface area contributed by atoms with Gasteiger partial charge < -0.3 is 5.11 Å². The topological polar surface area (TPSA) is 37.3 Å². The second-order valence-electron chi connectivity index (χ2n) is 2.85. The van der Waals surface area contributed by atoms with Crippen LogP contribution < -0.4 is 0 Å². The number of halogens is 1. The predicted molar refractivity (Wildman–Crippen MR) is 41.0 cm³/mol. The van der Waals surface area contributed by atoms with E-state index < -0.39 is 5.97 Å². The second-order valence-corrected chi connectivity index (χ2v) is 3.10. The third-order valence-electron chi connectivity index (χ3n) is 1.12. The Kier molecular flexibility index (Phi) is 3.43.